The van der Waals surface area contributed by atoms with E-state index in [1.54, 1.807) is 24.4 Å². The molecule has 1 amide bonds. The SMILES string of the molecule is CC(=O)Nc1nccc2nc(-c3c(F)cccc3Cl)sc12. The lowest BCUT2D eigenvalue weighted by Crippen LogP contribution is -2.07. The van der Waals surface area contributed by atoms with Crippen molar-refractivity contribution in [2.24, 2.45) is 0 Å². The summed E-state index contributed by atoms with van der Waals surface area (Å²) in [5, 5.41) is 3.38. The van der Waals surface area contributed by atoms with Crippen molar-refractivity contribution in [1.29, 1.82) is 0 Å². The Kier molecular flexibility index (Phi) is 3.57. The van der Waals surface area contributed by atoms with Crippen molar-refractivity contribution in [3.63, 3.8) is 0 Å². The van der Waals surface area contributed by atoms with Gasteiger partial charge in [0.2, 0.25) is 5.91 Å². The fourth-order valence-corrected chi connectivity index (χ4v) is 3.29. The molecule has 0 bridgehead atoms. The molecule has 3 aromatic rings. The Balaban J connectivity index is 2.20. The van der Waals surface area contributed by atoms with Gasteiger partial charge in [-0.3, -0.25) is 4.79 Å². The van der Waals surface area contributed by atoms with Crippen molar-refractivity contribution in [2.45, 2.75) is 6.92 Å². The molecule has 0 radical (unpaired) electrons. The zero-order valence-electron chi connectivity index (χ0n) is 10.9. The third kappa shape index (κ3) is 2.59. The van der Waals surface area contributed by atoms with E-state index in [-0.39, 0.29) is 11.5 Å². The summed E-state index contributed by atoms with van der Waals surface area (Å²) in [6.45, 7) is 1.40. The van der Waals surface area contributed by atoms with Crippen molar-refractivity contribution >= 4 is 44.9 Å². The second kappa shape index (κ2) is 5.38. The lowest BCUT2D eigenvalue weighted by atomic mass is 10.2. The van der Waals surface area contributed by atoms with Gasteiger partial charge in [0.15, 0.2) is 5.82 Å². The molecule has 21 heavy (non-hydrogen) atoms. The number of halogens is 2. The molecule has 2 aromatic heterocycles. The Hall–Kier alpha value is -2.05. The average Bonchev–Trinajstić information content (AvgIpc) is 2.82. The molecule has 2 heterocycles. The van der Waals surface area contributed by atoms with Crippen LogP contribution in [0.15, 0.2) is 30.5 Å². The molecule has 0 saturated heterocycles. The molecule has 7 heteroatoms. The lowest BCUT2D eigenvalue weighted by Gasteiger charge is -2.01. The summed E-state index contributed by atoms with van der Waals surface area (Å²) < 4.78 is 14.7. The molecule has 1 N–H and O–H groups in total. The number of aromatic nitrogens is 2. The summed E-state index contributed by atoms with van der Waals surface area (Å²) in [6, 6.07) is 6.19. The number of amides is 1. The Morgan fingerprint density at radius 3 is 2.90 bits per heavy atom. The normalized spacial score (nSPS) is 10.8. The highest BCUT2D eigenvalue weighted by atomic mass is 35.5. The number of nitrogens with one attached hydrogen (secondary N) is 1. The maximum absolute atomic E-state index is 14.0. The summed E-state index contributed by atoms with van der Waals surface area (Å²) in [4.78, 5) is 19.7. The first-order valence-corrected chi connectivity index (χ1v) is 7.23. The minimum absolute atomic E-state index is 0.228. The zero-order chi connectivity index (χ0) is 15.0. The first-order chi connectivity index (χ1) is 10.1. The molecule has 0 atom stereocenters. The second-order valence-electron chi connectivity index (χ2n) is 4.30. The Labute approximate surface area is 128 Å². The van der Waals surface area contributed by atoms with Crippen LogP contribution in [0, 0.1) is 5.82 Å². The van der Waals surface area contributed by atoms with Gasteiger partial charge >= 0.3 is 0 Å². The number of fused-ring (bicyclic) bond motifs is 1. The Morgan fingerprint density at radius 1 is 1.38 bits per heavy atom. The summed E-state index contributed by atoms with van der Waals surface area (Å²) >= 11 is 7.29. The first-order valence-electron chi connectivity index (χ1n) is 6.04. The van der Waals surface area contributed by atoms with Crippen LogP contribution < -0.4 is 5.32 Å². The first kappa shape index (κ1) is 13.9. The molecule has 0 unspecified atom stereocenters. The summed E-state index contributed by atoms with van der Waals surface area (Å²) in [5.41, 5.74) is 0.891. The van der Waals surface area contributed by atoms with Crippen LogP contribution in [-0.4, -0.2) is 15.9 Å². The molecule has 1 aromatic carbocycles. The molecule has 4 nitrogen and oxygen atoms in total. The van der Waals surface area contributed by atoms with Crippen LogP contribution in [0.5, 0.6) is 0 Å². The van der Waals surface area contributed by atoms with Crippen LogP contribution in [0.1, 0.15) is 6.92 Å². The van der Waals surface area contributed by atoms with Crippen molar-refractivity contribution in [2.75, 3.05) is 5.32 Å². The molecule has 0 fully saturated rings. The van der Waals surface area contributed by atoms with E-state index in [1.165, 1.54) is 24.3 Å². The highest BCUT2D eigenvalue weighted by Gasteiger charge is 2.16. The number of rotatable bonds is 2. The van der Waals surface area contributed by atoms with Gasteiger partial charge in [0, 0.05) is 13.1 Å². The maximum atomic E-state index is 14.0. The van der Waals surface area contributed by atoms with Gasteiger partial charge in [-0.25, -0.2) is 14.4 Å². The Bertz CT molecular complexity index is 829. The predicted molar refractivity (Wildman–Crippen MR) is 82.1 cm³/mol. The van der Waals surface area contributed by atoms with Crippen molar-refractivity contribution in [3.8, 4) is 10.6 Å². The number of hydrogen-bond acceptors (Lipinski definition) is 4. The summed E-state index contributed by atoms with van der Waals surface area (Å²) in [7, 11) is 0. The maximum Gasteiger partial charge on any atom is 0.222 e. The van der Waals surface area contributed by atoms with E-state index in [4.69, 9.17) is 11.6 Å². The van der Waals surface area contributed by atoms with Crippen molar-refractivity contribution in [3.05, 3.63) is 41.3 Å². The molecule has 0 aliphatic carbocycles. The van der Waals surface area contributed by atoms with E-state index in [9.17, 15) is 9.18 Å². The molecular weight excluding hydrogens is 313 g/mol. The van der Waals surface area contributed by atoms with Crippen LogP contribution >= 0.6 is 22.9 Å². The van der Waals surface area contributed by atoms with Gasteiger partial charge < -0.3 is 5.32 Å². The molecule has 3 rings (SSSR count). The number of thiazole rings is 1. The quantitative estimate of drug-likeness (QED) is 0.772. The number of benzene rings is 1. The third-order valence-electron chi connectivity index (χ3n) is 2.78. The van der Waals surface area contributed by atoms with Crippen LogP contribution in [0.4, 0.5) is 10.2 Å². The number of pyridine rings is 1. The van der Waals surface area contributed by atoms with E-state index >= 15 is 0 Å². The van der Waals surface area contributed by atoms with Gasteiger partial charge in [0.25, 0.3) is 0 Å². The van der Waals surface area contributed by atoms with Gasteiger partial charge in [0.1, 0.15) is 10.8 Å². The van der Waals surface area contributed by atoms with Crippen LogP contribution in [0.2, 0.25) is 5.02 Å². The smallest absolute Gasteiger partial charge is 0.222 e. The van der Waals surface area contributed by atoms with Gasteiger partial charge in [0.05, 0.1) is 20.8 Å². The summed E-state index contributed by atoms with van der Waals surface area (Å²) in [5.74, 6) is -0.249. The number of carbonyl (C=O) groups excluding carboxylic acids is 1. The standard InChI is InChI=1S/C14H9ClFN3OS/c1-7(20)18-13-12-10(5-6-17-13)19-14(21-12)11-8(15)3-2-4-9(11)16/h2-6H,1H3,(H,17,18,20). The highest BCUT2D eigenvalue weighted by Crippen LogP contribution is 2.37. The van der Waals surface area contributed by atoms with E-state index in [2.05, 4.69) is 15.3 Å². The predicted octanol–water partition coefficient (Wildman–Crippen LogP) is 4.11. The van der Waals surface area contributed by atoms with Gasteiger partial charge in [-0.2, -0.15) is 0 Å². The monoisotopic (exact) mass is 321 g/mol. The molecule has 0 saturated carbocycles. The second-order valence-corrected chi connectivity index (χ2v) is 5.71. The Morgan fingerprint density at radius 2 is 2.19 bits per heavy atom. The van der Waals surface area contributed by atoms with Crippen LogP contribution in [0.3, 0.4) is 0 Å². The van der Waals surface area contributed by atoms with E-state index in [0.29, 0.717) is 26.1 Å². The van der Waals surface area contributed by atoms with E-state index in [0.717, 1.165) is 0 Å². The lowest BCUT2D eigenvalue weighted by molar-refractivity contribution is -0.114. The summed E-state index contributed by atoms with van der Waals surface area (Å²) in [6.07, 6.45) is 1.54. The number of nitrogens with zero attached hydrogens (tertiary/aromatic N) is 2. The van der Waals surface area contributed by atoms with Gasteiger partial charge in [-0.15, -0.1) is 11.3 Å². The fourth-order valence-electron chi connectivity index (χ4n) is 1.92. The zero-order valence-corrected chi connectivity index (χ0v) is 12.4. The van der Waals surface area contributed by atoms with Crippen molar-refractivity contribution < 1.29 is 9.18 Å². The number of hydrogen-bond donors (Lipinski definition) is 1. The largest absolute Gasteiger partial charge is 0.310 e. The van der Waals surface area contributed by atoms with Gasteiger partial charge in [-0.1, -0.05) is 17.7 Å². The molecule has 106 valence electrons. The molecular formula is C14H9ClFN3OS. The molecule has 0 aliphatic heterocycles. The molecule has 0 spiro atoms. The topological polar surface area (TPSA) is 54.9 Å². The fraction of sp³-hybridized carbons (Fsp3) is 0.0714. The number of anilines is 1. The highest BCUT2D eigenvalue weighted by molar-refractivity contribution is 7.22. The van der Waals surface area contributed by atoms with E-state index in [1.807, 2.05) is 0 Å². The van der Waals surface area contributed by atoms with Crippen molar-refractivity contribution in [1.82, 2.24) is 9.97 Å². The number of carbonyl (C=O) groups is 1. The van der Waals surface area contributed by atoms with Crippen LogP contribution in [0.25, 0.3) is 20.8 Å². The third-order valence-corrected chi connectivity index (χ3v) is 4.19. The van der Waals surface area contributed by atoms with Gasteiger partial charge in [-0.05, 0) is 18.2 Å². The average molecular weight is 322 g/mol. The minimum atomic E-state index is -0.435. The minimum Gasteiger partial charge on any atom is -0.310 e. The van der Waals surface area contributed by atoms with Crippen LogP contribution in [-0.2, 0) is 4.79 Å². The van der Waals surface area contributed by atoms with E-state index < -0.39 is 5.82 Å². The molecule has 0 aliphatic rings.